The molecule has 10 heteroatoms. The van der Waals surface area contributed by atoms with Gasteiger partial charge in [-0.3, -0.25) is 4.99 Å². The van der Waals surface area contributed by atoms with Crippen LogP contribution in [0.5, 0.6) is 0 Å². The third kappa shape index (κ3) is 9.70. The van der Waals surface area contributed by atoms with Gasteiger partial charge in [-0.2, -0.15) is 13.2 Å². The van der Waals surface area contributed by atoms with Crippen LogP contribution < -0.4 is 10.6 Å². The maximum absolute atomic E-state index is 13.6. The molecule has 0 aliphatic heterocycles. The van der Waals surface area contributed by atoms with E-state index in [1.54, 1.807) is 31.3 Å². The maximum atomic E-state index is 13.6. The molecule has 30 heavy (non-hydrogen) atoms. The van der Waals surface area contributed by atoms with E-state index in [1.165, 1.54) is 0 Å². The topological polar surface area (TPSA) is 45.7 Å². The maximum Gasteiger partial charge on any atom is 0.411 e. The van der Waals surface area contributed by atoms with E-state index >= 15 is 0 Å². The second-order valence-corrected chi connectivity index (χ2v) is 6.26. The molecule has 0 saturated heterocycles. The Balaban J connectivity index is 0.00000450. The normalized spacial score (nSPS) is 11.7. The molecule has 0 atom stereocenters. The number of nitrogens with zero attached hydrogens (tertiary/aromatic N) is 1. The first-order chi connectivity index (χ1) is 13.8. The lowest BCUT2D eigenvalue weighted by atomic mass is 10.1. The predicted molar refractivity (Wildman–Crippen MR) is 116 cm³/mol. The lowest BCUT2D eigenvalue weighted by Gasteiger charge is -2.13. The van der Waals surface area contributed by atoms with Gasteiger partial charge in [0.1, 0.15) is 18.2 Å². The van der Waals surface area contributed by atoms with Crippen molar-refractivity contribution in [2.75, 3.05) is 20.2 Å². The quantitative estimate of drug-likeness (QED) is 0.222. The highest BCUT2D eigenvalue weighted by Gasteiger charge is 2.27. The zero-order valence-electron chi connectivity index (χ0n) is 16.2. The van der Waals surface area contributed by atoms with Crippen molar-refractivity contribution in [1.82, 2.24) is 10.6 Å². The number of nitrogens with one attached hydrogen (secondary N) is 2. The van der Waals surface area contributed by atoms with Crippen LogP contribution in [-0.4, -0.2) is 32.3 Å². The van der Waals surface area contributed by atoms with E-state index in [0.717, 1.165) is 23.8 Å². The smallest absolute Gasteiger partial charge is 0.367 e. The summed E-state index contributed by atoms with van der Waals surface area (Å²) < 4.78 is 67.6. The first-order valence-electron chi connectivity index (χ1n) is 8.87. The van der Waals surface area contributed by atoms with Gasteiger partial charge in [0.25, 0.3) is 0 Å². The van der Waals surface area contributed by atoms with Crippen molar-refractivity contribution in [1.29, 1.82) is 0 Å². The average Bonchev–Trinajstić information content (AvgIpc) is 2.67. The minimum absolute atomic E-state index is 0. The van der Waals surface area contributed by atoms with Crippen molar-refractivity contribution < 1.29 is 26.7 Å². The third-order valence-electron chi connectivity index (χ3n) is 3.94. The molecule has 0 saturated carbocycles. The van der Waals surface area contributed by atoms with Crippen LogP contribution in [0, 0.1) is 11.6 Å². The Morgan fingerprint density at radius 3 is 2.30 bits per heavy atom. The summed E-state index contributed by atoms with van der Waals surface area (Å²) >= 11 is 0. The Morgan fingerprint density at radius 1 is 1.00 bits per heavy atom. The summed E-state index contributed by atoms with van der Waals surface area (Å²) in [5.74, 6) is -0.467. The molecule has 2 N–H and O–H groups in total. The molecule has 0 unspecified atom stereocenters. The van der Waals surface area contributed by atoms with Crippen molar-refractivity contribution in [2.24, 2.45) is 4.99 Å². The largest absolute Gasteiger partial charge is 0.411 e. The standard InChI is InChI=1S/C20H22F5N3O.HI/c1-26-19(27-9-8-16-10-17(21)6-7-18(16)22)28-11-14-2-4-15(5-3-14)12-29-13-20(23,24)25;/h2-7,10H,8-9,11-13H2,1H3,(H2,26,27,28);1H. The summed E-state index contributed by atoms with van der Waals surface area (Å²) in [7, 11) is 1.58. The van der Waals surface area contributed by atoms with E-state index in [9.17, 15) is 22.0 Å². The summed E-state index contributed by atoms with van der Waals surface area (Å²) in [6, 6.07) is 10.2. The van der Waals surface area contributed by atoms with Crippen molar-refractivity contribution in [3.05, 3.63) is 70.8 Å². The highest BCUT2D eigenvalue weighted by molar-refractivity contribution is 14.0. The minimum atomic E-state index is -4.34. The van der Waals surface area contributed by atoms with Gasteiger partial charge in [0.15, 0.2) is 5.96 Å². The van der Waals surface area contributed by atoms with E-state index < -0.39 is 24.4 Å². The van der Waals surface area contributed by atoms with Gasteiger partial charge in [0.2, 0.25) is 0 Å². The van der Waals surface area contributed by atoms with Crippen LogP contribution in [0.25, 0.3) is 0 Å². The molecule has 0 aliphatic rings. The molecule has 0 bridgehead atoms. The van der Waals surface area contributed by atoms with Gasteiger partial charge in [-0.25, -0.2) is 8.78 Å². The lowest BCUT2D eigenvalue weighted by molar-refractivity contribution is -0.176. The van der Waals surface area contributed by atoms with Crippen molar-refractivity contribution >= 4 is 29.9 Å². The van der Waals surface area contributed by atoms with Gasteiger partial charge in [0, 0.05) is 20.1 Å². The minimum Gasteiger partial charge on any atom is -0.367 e. The summed E-state index contributed by atoms with van der Waals surface area (Å²) in [5.41, 5.74) is 1.80. The zero-order valence-corrected chi connectivity index (χ0v) is 18.6. The van der Waals surface area contributed by atoms with Gasteiger partial charge in [-0.1, -0.05) is 24.3 Å². The number of rotatable bonds is 8. The van der Waals surface area contributed by atoms with Gasteiger partial charge in [0.05, 0.1) is 6.61 Å². The number of aliphatic imine (C=N–C) groups is 1. The molecule has 0 spiro atoms. The van der Waals surface area contributed by atoms with E-state index in [2.05, 4.69) is 20.4 Å². The summed E-state index contributed by atoms with van der Waals surface area (Å²) in [5, 5.41) is 6.08. The fourth-order valence-electron chi connectivity index (χ4n) is 2.49. The van der Waals surface area contributed by atoms with E-state index in [4.69, 9.17) is 0 Å². The second-order valence-electron chi connectivity index (χ2n) is 6.26. The molecule has 2 aromatic rings. The fraction of sp³-hybridized carbons (Fsp3) is 0.350. The lowest BCUT2D eigenvalue weighted by Crippen LogP contribution is -2.37. The van der Waals surface area contributed by atoms with Crippen LogP contribution in [-0.2, 0) is 24.3 Å². The highest BCUT2D eigenvalue weighted by atomic mass is 127. The Morgan fingerprint density at radius 2 is 1.67 bits per heavy atom. The highest BCUT2D eigenvalue weighted by Crippen LogP contribution is 2.16. The van der Waals surface area contributed by atoms with E-state index in [-0.39, 0.29) is 42.6 Å². The van der Waals surface area contributed by atoms with E-state index in [0.29, 0.717) is 24.6 Å². The Hall–Kier alpha value is -1.95. The SMILES string of the molecule is CN=C(NCCc1cc(F)ccc1F)NCc1ccc(COCC(F)(F)F)cc1.I. The first kappa shape index (κ1) is 26.1. The number of ether oxygens (including phenoxy) is 1. The van der Waals surface area contributed by atoms with Crippen molar-refractivity contribution in [3.63, 3.8) is 0 Å². The fourth-order valence-corrected chi connectivity index (χ4v) is 2.49. The summed E-state index contributed by atoms with van der Waals surface area (Å²) in [6.45, 7) is -0.613. The number of benzene rings is 2. The number of hydrogen-bond acceptors (Lipinski definition) is 2. The second kappa shape index (κ2) is 12.7. The zero-order chi connectivity index (χ0) is 21.3. The van der Waals surface area contributed by atoms with Gasteiger partial charge in [-0.05, 0) is 41.3 Å². The number of halogens is 6. The number of hydrogen-bond donors (Lipinski definition) is 2. The third-order valence-corrected chi connectivity index (χ3v) is 3.94. The predicted octanol–water partition coefficient (Wildman–Crippen LogP) is 4.57. The van der Waals surface area contributed by atoms with Crippen LogP contribution >= 0.6 is 24.0 Å². The Kier molecular flexibility index (Phi) is 11.0. The monoisotopic (exact) mass is 543 g/mol. The van der Waals surface area contributed by atoms with E-state index in [1.807, 2.05) is 0 Å². The molecule has 4 nitrogen and oxygen atoms in total. The molecule has 0 fully saturated rings. The molecule has 0 heterocycles. The van der Waals surface area contributed by atoms with Crippen LogP contribution in [0.1, 0.15) is 16.7 Å². The molecular formula is C20H23F5IN3O. The van der Waals surface area contributed by atoms with Crippen LogP contribution in [0.4, 0.5) is 22.0 Å². The molecule has 0 radical (unpaired) electrons. The van der Waals surface area contributed by atoms with Gasteiger partial charge in [-0.15, -0.1) is 24.0 Å². The van der Waals surface area contributed by atoms with Gasteiger partial charge < -0.3 is 15.4 Å². The van der Waals surface area contributed by atoms with Crippen molar-refractivity contribution in [3.8, 4) is 0 Å². The molecule has 0 amide bonds. The van der Waals surface area contributed by atoms with Crippen molar-refractivity contribution in [2.45, 2.75) is 25.7 Å². The van der Waals surface area contributed by atoms with Crippen LogP contribution in [0.3, 0.4) is 0 Å². The molecule has 2 rings (SSSR count). The Bertz CT molecular complexity index is 813. The molecule has 166 valence electrons. The first-order valence-corrected chi connectivity index (χ1v) is 8.87. The number of guanidine groups is 1. The molecule has 0 aromatic heterocycles. The number of alkyl halides is 3. The average molecular weight is 543 g/mol. The summed E-state index contributed by atoms with van der Waals surface area (Å²) in [6.07, 6.45) is -4.05. The molecule has 2 aromatic carbocycles. The molecular weight excluding hydrogens is 520 g/mol. The molecule has 0 aliphatic carbocycles. The Labute approximate surface area is 188 Å². The van der Waals surface area contributed by atoms with Gasteiger partial charge >= 0.3 is 6.18 Å². The van der Waals surface area contributed by atoms with Crippen LogP contribution in [0.15, 0.2) is 47.5 Å². The van der Waals surface area contributed by atoms with Crippen LogP contribution in [0.2, 0.25) is 0 Å². The summed E-state index contributed by atoms with van der Waals surface area (Å²) in [4.78, 5) is 4.06.